The minimum Gasteiger partial charge on any atom is -0.355 e. The highest BCUT2D eigenvalue weighted by atomic mass is 32.2. The summed E-state index contributed by atoms with van der Waals surface area (Å²) in [7, 11) is -3.79. The summed E-state index contributed by atoms with van der Waals surface area (Å²) in [4.78, 5) is 22.7. The number of carbonyl (C=O) groups excluding carboxylic acids is 2. The smallest absolute Gasteiger partial charge is 0.241 e. The van der Waals surface area contributed by atoms with Gasteiger partial charge in [0, 0.05) is 12.1 Å². The average molecular weight is 298 g/mol. The van der Waals surface area contributed by atoms with Gasteiger partial charge in [-0.2, -0.15) is 4.72 Å². The number of hydrogen-bond acceptors (Lipinski definition) is 4. The Balaban J connectivity index is 2.88. The lowest BCUT2D eigenvalue weighted by atomic mass is 10.2. The van der Waals surface area contributed by atoms with Crippen LogP contribution in [0.3, 0.4) is 0 Å². The van der Waals surface area contributed by atoms with E-state index < -0.39 is 22.0 Å². The van der Waals surface area contributed by atoms with E-state index >= 15 is 0 Å². The summed E-state index contributed by atoms with van der Waals surface area (Å²) < 4.78 is 26.4. The van der Waals surface area contributed by atoms with Crippen molar-refractivity contribution in [2.45, 2.75) is 31.7 Å². The molecule has 0 radical (unpaired) electrons. The van der Waals surface area contributed by atoms with Crippen molar-refractivity contribution in [1.82, 2.24) is 10.0 Å². The Morgan fingerprint density at radius 1 is 1.20 bits per heavy atom. The van der Waals surface area contributed by atoms with Crippen LogP contribution in [0.25, 0.3) is 0 Å². The predicted molar refractivity (Wildman–Crippen MR) is 74.9 cm³/mol. The van der Waals surface area contributed by atoms with E-state index in [1.165, 1.54) is 38.1 Å². The summed E-state index contributed by atoms with van der Waals surface area (Å²) >= 11 is 0. The normalized spacial score (nSPS) is 12.8. The largest absolute Gasteiger partial charge is 0.355 e. The Hall–Kier alpha value is -1.73. The van der Waals surface area contributed by atoms with Gasteiger partial charge in [-0.05, 0) is 32.9 Å². The van der Waals surface area contributed by atoms with Gasteiger partial charge >= 0.3 is 0 Å². The van der Waals surface area contributed by atoms with Crippen molar-refractivity contribution >= 4 is 21.7 Å². The summed E-state index contributed by atoms with van der Waals surface area (Å²) in [5.41, 5.74) is 0.431. The second-order valence-corrected chi connectivity index (χ2v) is 6.03. The minimum atomic E-state index is -3.79. The van der Waals surface area contributed by atoms with Crippen LogP contribution in [0, 0.1) is 0 Å². The highest BCUT2D eigenvalue weighted by Crippen LogP contribution is 2.11. The maximum Gasteiger partial charge on any atom is 0.241 e. The first kappa shape index (κ1) is 16.3. The van der Waals surface area contributed by atoms with Crippen molar-refractivity contribution in [3.8, 4) is 0 Å². The molecule has 0 saturated carbocycles. The van der Waals surface area contributed by atoms with Gasteiger partial charge in [0.05, 0.1) is 10.9 Å². The molecule has 20 heavy (non-hydrogen) atoms. The molecule has 0 aliphatic carbocycles. The fourth-order valence-corrected chi connectivity index (χ4v) is 2.75. The first-order valence-electron chi connectivity index (χ1n) is 6.19. The number of carbonyl (C=O) groups is 2. The van der Waals surface area contributed by atoms with Gasteiger partial charge in [0.2, 0.25) is 15.9 Å². The summed E-state index contributed by atoms with van der Waals surface area (Å²) in [6.07, 6.45) is 0. The standard InChI is InChI=1S/C13H18N2O4S/c1-4-14-13(17)9(2)15-20(18,19)12-7-5-11(6-8-12)10(3)16/h5-9,15H,4H2,1-3H3,(H,14,17). The maximum absolute atomic E-state index is 12.1. The second-order valence-electron chi connectivity index (χ2n) is 4.32. The van der Waals surface area contributed by atoms with Crippen molar-refractivity contribution < 1.29 is 18.0 Å². The molecule has 1 aromatic carbocycles. The van der Waals surface area contributed by atoms with Crippen LogP contribution in [0.5, 0.6) is 0 Å². The first-order valence-corrected chi connectivity index (χ1v) is 7.67. The summed E-state index contributed by atoms with van der Waals surface area (Å²) in [5.74, 6) is -0.533. The van der Waals surface area contributed by atoms with E-state index in [0.717, 1.165) is 0 Å². The van der Waals surface area contributed by atoms with Crippen LogP contribution in [-0.4, -0.2) is 32.7 Å². The number of amides is 1. The van der Waals surface area contributed by atoms with Gasteiger partial charge in [-0.3, -0.25) is 9.59 Å². The molecule has 2 N–H and O–H groups in total. The van der Waals surface area contributed by atoms with E-state index in [4.69, 9.17) is 0 Å². The predicted octanol–water partition coefficient (Wildman–Crippen LogP) is 0.692. The molecule has 1 aromatic rings. The molecule has 6 nitrogen and oxygen atoms in total. The van der Waals surface area contributed by atoms with Gasteiger partial charge in [-0.15, -0.1) is 0 Å². The molecule has 0 aliphatic rings. The fraction of sp³-hybridized carbons (Fsp3) is 0.385. The summed E-state index contributed by atoms with van der Waals surface area (Å²) in [5, 5.41) is 2.53. The molecule has 1 atom stereocenters. The quantitative estimate of drug-likeness (QED) is 0.756. The molecule has 0 heterocycles. The summed E-state index contributed by atoms with van der Waals surface area (Å²) in [6, 6.07) is 4.68. The number of ketones is 1. The number of nitrogens with one attached hydrogen (secondary N) is 2. The van der Waals surface area contributed by atoms with Crippen molar-refractivity contribution in [3.63, 3.8) is 0 Å². The first-order chi connectivity index (χ1) is 9.27. The van der Waals surface area contributed by atoms with E-state index in [2.05, 4.69) is 10.0 Å². The molecule has 0 saturated heterocycles. The SMILES string of the molecule is CCNC(=O)C(C)NS(=O)(=O)c1ccc(C(C)=O)cc1. The maximum atomic E-state index is 12.1. The van der Waals surface area contributed by atoms with Crippen LogP contribution in [-0.2, 0) is 14.8 Å². The Kier molecular flexibility index (Phi) is 5.41. The Bertz CT molecular complexity index is 593. The van der Waals surface area contributed by atoms with E-state index in [9.17, 15) is 18.0 Å². The topological polar surface area (TPSA) is 92.3 Å². The molecule has 0 spiro atoms. The Morgan fingerprint density at radius 3 is 2.20 bits per heavy atom. The van der Waals surface area contributed by atoms with Gasteiger partial charge in [0.25, 0.3) is 0 Å². The Morgan fingerprint density at radius 2 is 1.75 bits per heavy atom. The van der Waals surface area contributed by atoms with E-state index in [-0.39, 0.29) is 10.7 Å². The van der Waals surface area contributed by atoms with E-state index in [1.807, 2.05) is 0 Å². The molecule has 0 fully saturated rings. The van der Waals surface area contributed by atoms with Crippen molar-refractivity contribution in [2.24, 2.45) is 0 Å². The molecule has 0 aromatic heterocycles. The number of hydrogen-bond donors (Lipinski definition) is 2. The van der Waals surface area contributed by atoms with Gasteiger partial charge in [0.15, 0.2) is 5.78 Å². The van der Waals surface area contributed by atoms with E-state index in [0.29, 0.717) is 12.1 Å². The van der Waals surface area contributed by atoms with Crippen LogP contribution in [0.2, 0.25) is 0 Å². The zero-order valence-electron chi connectivity index (χ0n) is 11.6. The number of sulfonamides is 1. The lowest BCUT2D eigenvalue weighted by Gasteiger charge is -2.13. The van der Waals surface area contributed by atoms with Crippen LogP contribution in [0.15, 0.2) is 29.2 Å². The number of Topliss-reactive ketones (excluding diaryl/α,β-unsaturated/α-hetero) is 1. The lowest BCUT2D eigenvalue weighted by molar-refractivity contribution is -0.122. The summed E-state index contributed by atoms with van der Waals surface area (Å²) in [6.45, 7) is 5.04. The molecular formula is C13H18N2O4S. The molecular weight excluding hydrogens is 280 g/mol. The van der Waals surface area contributed by atoms with Crippen LogP contribution in [0.1, 0.15) is 31.1 Å². The molecule has 1 rings (SSSR count). The third-order valence-corrected chi connectivity index (χ3v) is 4.20. The average Bonchev–Trinajstić information content (AvgIpc) is 2.38. The van der Waals surface area contributed by atoms with E-state index in [1.54, 1.807) is 6.92 Å². The number of benzene rings is 1. The zero-order valence-corrected chi connectivity index (χ0v) is 12.5. The van der Waals surface area contributed by atoms with Gasteiger partial charge in [-0.25, -0.2) is 8.42 Å². The Labute approximate surface area is 118 Å². The van der Waals surface area contributed by atoms with Gasteiger partial charge < -0.3 is 5.32 Å². The lowest BCUT2D eigenvalue weighted by Crippen LogP contribution is -2.44. The third kappa shape index (κ3) is 4.14. The zero-order chi connectivity index (χ0) is 15.3. The highest BCUT2D eigenvalue weighted by molar-refractivity contribution is 7.89. The molecule has 1 unspecified atom stereocenters. The minimum absolute atomic E-state index is 0.0126. The van der Waals surface area contributed by atoms with Crippen LogP contribution >= 0.6 is 0 Å². The fourth-order valence-electron chi connectivity index (χ4n) is 1.55. The molecule has 0 bridgehead atoms. The van der Waals surface area contributed by atoms with Crippen molar-refractivity contribution in [3.05, 3.63) is 29.8 Å². The third-order valence-electron chi connectivity index (χ3n) is 2.65. The number of likely N-dealkylation sites (N-methyl/N-ethyl adjacent to an activating group) is 1. The molecule has 0 aliphatic heterocycles. The van der Waals surface area contributed by atoms with Gasteiger partial charge in [-0.1, -0.05) is 12.1 Å². The van der Waals surface area contributed by atoms with Crippen LogP contribution in [0.4, 0.5) is 0 Å². The monoisotopic (exact) mass is 298 g/mol. The van der Waals surface area contributed by atoms with Crippen LogP contribution < -0.4 is 10.0 Å². The highest BCUT2D eigenvalue weighted by Gasteiger charge is 2.21. The molecule has 7 heteroatoms. The van der Waals surface area contributed by atoms with Gasteiger partial charge in [0.1, 0.15) is 0 Å². The number of rotatable bonds is 6. The second kappa shape index (κ2) is 6.62. The van der Waals surface area contributed by atoms with Crippen molar-refractivity contribution in [2.75, 3.05) is 6.54 Å². The van der Waals surface area contributed by atoms with Crippen molar-refractivity contribution in [1.29, 1.82) is 0 Å². The molecule has 1 amide bonds. The molecule has 110 valence electrons.